The smallest absolute Gasteiger partial charge is 0.263 e. The van der Waals surface area contributed by atoms with Gasteiger partial charge in [-0.05, 0) is 30.6 Å². The zero-order valence-electron chi connectivity index (χ0n) is 10.7. The van der Waals surface area contributed by atoms with Gasteiger partial charge in [0.2, 0.25) is 0 Å². The molecule has 2 bridgehead atoms. The first-order chi connectivity index (χ1) is 8.09. The molecule has 0 aromatic carbocycles. The van der Waals surface area contributed by atoms with Gasteiger partial charge in [0.05, 0.1) is 0 Å². The SMILES string of the molecule is CC1(C)[C@@H]2CC[C@@]1(C)/C(=N/NC(=O)C(F)(F)F)C2. The molecule has 2 fully saturated rings. The highest BCUT2D eigenvalue weighted by Gasteiger charge is 2.60. The van der Waals surface area contributed by atoms with Gasteiger partial charge in [0.25, 0.3) is 0 Å². The first-order valence-corrected chi connectivity index (χ1v) is 6.03. The fourth-order valence-corrected chi connectivity index (χ4v) is 3.28. The third-order valence-electron chi connectivity index (χ3n) is 5.06. The van der Waals surface area contributed by atoms with Crippen molar-refractivity contribution in [1.82, 2.24) is 5.43 Å². The van der Waals surface area contributed by atoms with E-state index in [4.69, 9.17) is 0 Å². The Bertz CT molecular complexity index is 414. The summed E-state index contributed by atoms with van der Waals surface area (Å²) < 4.78 is 36.2. The molecule has 2 aliphatic carbocycles. The van der Waals surface area contributed by atoms with Gasteiger partial charge in [0, 0.05) is 11.1 Å². The molecule has 1 N–H and O–H groups in total. The van der Waals surface area contributed by atoms with Gasteiger partial charge in [-0.2, -0.15) is 18.3 Å². The minimum Gasteiger partial charge on any atom is -0.263 e. The van der Waals surface area contributed by atoms with Crippen molar-refractivity contribution >= 4 is 11.6 Å². The molecule has 6 heteroatoms. The number of halogens is 3. The molecule has 0 aromatic heterocycles. The fraction of sp³-hybridized carbons (Fsp3) is 0.833. The lowest BCUT2D eigenvalue weighted by atomic mass is 9.70. The Morgan fingerprint density at radius 1 is 1.39 bits per heavy atom. The summed E-state index contributed by atoms with van der Waals surface area (Å²) in [5.74, 6) is -1.55. The fourth-order valence-electron chi connectivity index (χ4n) is 3.28. The van der Waals surface area contributed by atoms with Crippen molar-refractivity contribution in [3.05, 3.63) is 0 Å². The maximum Gasteiger partial charge on any atom is 0.473 e. The van der Waals surface area contributed by atoms with E-state index in [0.717, 1.165) is 12.8 Å². The number of nitrogens with zero attached hydrogens (tertiary/aromatic N) is 1. The summed E-state index contributed by atoms with van der Waals surface area (Å²) >= 11 is 0. The number of nitrogens with one attached hydrogen (secondary N) is 1. The molecular weight excluding hydrogens is 245 g/mol. The van der Waals surface area contributed by atoms with Crippen LogP contribution in [0.25, 0.3) is 0 Å². The van der Waals surface area contributed by atoms with Gasteiger partial charge >= 0.3 is 12.1 Å². The number of carbonyl (C=O) groups excluding carboxylic acids is 1. The average molecular weight is 262 g/mol. The molecule has 0 heterocycles. The van der Waals surface area contributed by atoms with Crippen molar-refractivity contribution in [2.24, 2.45) is 21.8 Å². The number of hydrogen-bond acceptors (Lipinski definition) is 2. The Hall–Kier alpha value is -1.07. The van der Waals surface area contributed by atoms with Crippen LogP contribution in [0.3, 0.4) is 0 Å². The molecular formula is C12H17F3N2O. The lowest BCUT2D eigenvalue weighted by Crippen LogP contribution is -2.37. The number of amides is 1. The number of hydrogen-bond donors (Lipinski definition) is 1. The van der Waals surface area contributed by atoms with Crippen LogP contribution in [0.4, 0.5) is 13.2 Å². The molecule has 2 aliphatic rings. The molecule has 0 aromatic rings. The molecule has 0 radical (unpaired) electrons. The minimum atomic E-state index is -4.88. The van der Waals surface area contributed by atoms with Crippen molar-refractivity contribution in [3.8, 4) is 0 Å². The summed E-state index contributed by atoms with van der Waals surface area (Å²) in [6.07, 6.45) is -2.19. The summed E-state index contributed by atoms with van der Waals surface area (Å²) in [4.78, 5) is 10.8. The topological polar surface area (TPSA) is 41.5 Å². The van der Waals surface area contributed by atoms with Crippen LogP contribution in [0.15, 0.2) is 5.10 Å². The molecule has 102 valence electrons. The molecule has 0 aliphatic heterocycles. The van der Waals surface area contributed by atoms with Crippen LogP contribution in [0.5, 0.6) is 0 Å². The van der Waals surface area contributed by atoms with E-state index in [-0.39, 0.29) is 10.8 Å². The Balaban J connectivity index is 2.16. The second-order valence-corrected chi connectivity index (χ2v) is 5.99. The van der Waals surface area contributed by atoms with E-state index in [1.54, 1.807) is 5.43 Å². The third-order valence-corrected chi connectivity index (χ3v) is 5.06. The van der Waals surface area contributed by atoms with Crippen LogP contribution >= 0.6 is 0 Å². The summed E-state index contributed by atoms with van der Waals surface area (Å²) in [5, 5.41) is 3.74. The van der Waals surface area contributed by atoms with Crippen LogP contribution in [-0.2, 0) is 4.79 Å². The number of rotatable bonds is 1. The van der Waals surface area contributed by atoms with Gasteiger partial charge in [-0.1, -0.05) is 20.8 Å². The van der Waals surface area contributed by atoms with Crippen molar-refractivity contribution < 1.29 is 18.0 Å². The quantitative estimate of drug-likeness (QED) is 0.725. The predicted octanol–water partition coefficient (Wildman–Crippen LogP) is 2.87. The van der Waals surface area contributed by atoms with Gasteiger partial charge in [-0.3, -0.25) is 4.79 Å². The molecule has 1 amide bonds. The normalized spacial score (nSPS) is 36.1. The highest BCUT2D eigenvalue weighted by molar-refractivity contribution is 5.95. The monoisotopic (exact) mass is 262 g/mol. The summed E-state index contributed by atoms with van der Waals surface area (Å²) in [6, 6.07) is 0. The Labute approximate surface area is 104 Å². The first kappa shape index (κ1) is 13.4. The molecule has 2 rings (SSSR count). The highest BCUT2D eigenvalue weighted by Crippen LogP contribution is 2.63. The minimum absolute atomic E-state index is 0.0365. The number of carbonyl (C=O) groups is 1. The van der Waals surface area contributed by atoms with Crippen LogP contribution in [0.1, 0.15) is 40.0 Å². The lowest BCUT2D eigenvalue weighted by Gasteiger charge is -2.34. The molecule has 2 atom stereocenters. The second kappa shape index (κ2) is 3.71. The maximum absolute atomic E-state index is 12.1. The van der Waals surface area contributed by atoms with Gasteiger partial charge < -0.3 is 0 Å². The van der Waals surface area contributed by atoms with E-state index in [0.29, 0.717) is 18.1 Å². The molecule has 18 heavy (non-hydrogen) atoms. The maximum atomic E-state index is 12.1. The van der Waals surface area contributed by atoms with E-state index in [1.807, 2.05) is 6.92 Å². The first-order valence-electron chi connectivity index (χ1n) is 6.03. The summed E-state index contributed by atoms with van der Waals surface area (Å²) in [5.41, 5.74) is 2.17. The zero-order chi connectivity index (χ0) is 13.8. The number of fused-ring (bicyclic) bond motifs is 2. The average Bonchev–Trinajstić information content (AvgIpc) is 2.56. The second-order valence-electron chi connectivity index (χ2n) is 5.99. The predicted molar refractivity (Wildman–Crippen MR) is 60.9 cm³/mol. The van der Waals surface area contributed by atoms with Crippen molar-refractivity contribution in [1.29, 1.82) is 0 Å². The molecule has 0 saturated heterocycles. The van der Waals surface area contributed by atoms with E-state index in [9.17, 15) is 18.0 Å². The van der Waals surface area contributed by atoms with Gasteiger partial charge in [0.15, 0.2) is 0 Å². The van der Waals surface area contributed by atoms with Gasteiger partial charge in [0.1, 0.15) is 0 Å². The van der Waals surface area contributed by atoms with E-state index in [1.165, 1.54) is 0 Å². The number of alkyl halides is 3. The van der Waals surface area contributed by atoms with Crippen LogP contribution in [-0.4, -0.2) is 17.8 Å². The Morgan fingerprint density at radius 2 is 2.00 bits per heavy atom. The lowest BCUT2D eigenvalue weighted by molar-refractivity contribution is -0.173. The molecule has 3 nitrogen and oxygen atoms in total. The van der Waals surface area contributed by atoms with E-state index < -0.39 is 12.1 Å². The molecule has 0 unspecified atom stereocenters. The van der Waals surface area contributed by atoms with Crippen molar-refractivity contribution in [2.45, 2.75) is 46.2 Å². The van der Waals surface area contributed by atoms with Gasteiger partial charge in [-0.15, -0.1) is 0 Å². The standard InChI is InChI=1S/C12H17F3N2O/c1-10(2)7-4-5-11(10,3)8(6-7)16-17-9(18)12(13,14)15/h7H,4-6H2,1-3H3,(H,17,18)/b16-8+/t7-,11+/m1/s1. The van der Waals surface area contributed by atoms with E-state index in [2.05, 4.69) is 18.9 Å². The highest BCUT2D eigenvalue weighted by atomic mass is 19.4. The Kier molecular flexibility index (Phi) is 2.76. The zero-order valence-corrected chi connectivity index (χ0v) is 10.7. The summed E-state index contributed by atoms with van der Waals surface area (Å²) in [7, 11) is 0. The van der Waals surface area contributed by atoms with Gasteiger partial charge in [-0.25, -0.2) is 5.43 Å². The third kappa shape index (κ3) is 1.73. The summed E-state index contributed by atoms with van der Waals surface area (Å²) in [6.45, 7) is 6.27. The largest absolute Gasteiger partial charge is 0.473 e. The van der Waals surface area contributed by atoms with Crippen molar-refractivity contribution in [3.63, 3.8) is 0 Å². The van der Waals surface area contributed by atoms with Crippen LogP contribution in [0, 0.1) is 16.7 Å². The number of hydrazone groups is 1. The van der Waals surface area contributed by atoms with Crippen LogP contribution in [0.2, 0.25) is 0 Å². The van der Waals surface area contributed by atoms with Crippen molar-refractivity contribution in [2.75, 3.05) is 0 Å². The Morgan fingerprint density at radius 3 is 2.39 bits per heavy atom. The van der Waals surface area contributed by atoms with E-state index >= 15 is 0 Å². The molecule has 0 spiro atoms. The molecule has 2 saturated carbocycles. The van der Waals surface area contributed by atoms with Crippen LogP contribution < -0.4 is 5.43 Å².